The number of piperidine rings is 1. The van der Waals surface area contributed by atoms with Crippen molar-refractivity contribution in [1.29, 1.82) is 0 Å². The first kappa shape index (κ1) is 22.8. The number of hydrogen-bond donors (Lipinski definition) is 2. The Balaban J connectivity index is 1.65. The summed E-state index contributed by atoms with van der Waals surface area (Å²) in [6.45, 7) is 2.06. The van der Waals surface area contributed by atoms with Crippen LogP contribution in [0, 0.1) is 0 Å². The van der Waals surface area contributed by atoms with Gasteiger partial charge in [0.1, 0.15) is 5.75 Å². The molecule has 158 valence electrons. The molecule has 0 saturated carbocycles. The maximum absolute atomic E-state index is 12.4. The van der Waals surface area contributed by atoms with E-state index in [4.69, 9.17) is 17.0 Å². The molecule has 0 spiro atoms. The Morgan fingerprint density at radius 3 is 2.63 bits per heavy atom. The van der Waals surface area contributed by atoms with E-state index >= 15 is 0 Å². The second-order valence-electron chi connectivity index (χ2n) is 6.85. The van der Waals surface area contributed by atoms with Crippen molar-refractivity contribution in [3.63, 3.8) is 0 Å². The number of carbonyl (C=O) groups excluding carboxylic acids is 1. The van der Waals surface area contributed by atoms with Crippen molar-refractivity contribution in [1.82, 2.24) is 5.32 Å². The minimum absolute atomic E-state index is 0.261. The van der Waals surface area contributed by atoms with Gasteiger partial charge in [-0.15, -0.1) is 0 Å². The standard InChI is InChI=1S/C22H23Br2N3O2S/c1-29-21-15(13-16(23)14-17(21)24)9-10-20(28)26-22(30)25-18-7-3-4-8-19(18)27-11-5-2-6-12-27/h3-4,7-10,13-14H,2,5-6,11-12H2,1H3,(H2,25,26,28,30). The Bertz CT molecular complexity index is 959. The maximum atomic E-state index is 12.4. The third-order valence-electron chi connectivity index (χ3n) is 4.74. The summed E-state index contributed by atoms with van der Waals surface area (Å²) in [6, 6.07) is 11.8. The molecule has 0 radical (unpaired) electrons. The first-order valence-corrected chi connectivity index (χ1v) is 11.6. The van der Waals surface area contributed by atoms with Crippen molar-refractivity contribution in [3.05, 3.63) is 57.0 Å². The molecule has 5 nitrogen and oxygen atoms in total. The molecular weight excluding hydrogens is 530 g/mol. The van der Waals surface area contributed by atoms with Crippen LogP contribution in [0.15, 0.2) is 51.4 Å². The SMILES string of the molecule is COc1c(Br)cc(Br)cc1C=CC(=O)NC(=S)Nc1ccccc1N1CCCCC1. The molecule has 0 aromatic heterocycles. The predicted octanol–water partition coefficient (Wildman–Crippen LogP) is 5.74. The average molecular weight is 553 g/mol. The number of hydrogen-bond acceptors (Lipinski definition) is 4. The summed E-state index contributed by atoms with van der Waals surface area (Å²) in [5, 5.41) is 6.13. The van der Waals surface area contributed by atoms with Gasteiger partial charge in [-0.1, -0.05) is 28.1 Å². The normalized spacial score (nSPS) is 13.9. The molecule has 0 unspecified atom stereocenters. The monoisotopic (exact) mass is 551 g/mol. The molecule has 1 saturated heterocycles. The van der Waals surface area contributed by atoms with Gasteiger partial charge in [-0.05, 0) is 77.8 Å². The third kappa shape index (κ3) is 6.06. The lowest BCUT2D eigenvalue weighted by atomic mass is 10.1. The summed E-state index contributed by atoms with van der Waals surface area (Å²) in [5.74, 6) is 0.333. The largest absolute Gasteiger partial charge is 0.495 e. The Morgan fingerprint density at radius 1 is 1.17 bits per heavy atom. The number of carbonyl (C=O) groups is 1. The zero-order valence-corrected chi connectivity index (χ0v) is 20.6. The van der Waals surface area contributed by atoms with Gasteiger partial charge in [0, 0.05) is 29.2 Å². The second-order valence-corrected chi connectivity index (χ2v) is 9.03. The Hall–Kier alpha value is -1.90. The maximum Gasteiger partial charge on any atom is 0.250 e. The molecule has 1 amide bonds. The van der Waals surface area contributed by atoms with E-state index in [-0.39, 0.29) is 11.0 Å². The van der Waals surface area contributed by atoms with E-state index in [2.05, 4.69) is 53.5 Å². The highest BCUT2D eigenvalue weighted by molar-refractivity contribution is 9.11. The van der Waals surface area contributed by atoms with Crippen LogP contribution in [0.3, 0.4) is 0 Å². The molecule has 0 bridgehead atoms. The van der Waals surface area contributed by atoms with Crippen molar-refractivity contribution in [3.8, 4) is 5.75 Å². The number of para-hydroxylation sites is 2. The van der Waals surface area contributed by atoms with Crippen LogP contribution < -0.4 is 20.3 Å². The molecular formula is C22H23Br2N3O2S. The van der Waals surface area contributed by atoms with Crippen molar-refractivity contribution in [2.75, 3.05) is 30.4 Å². The highest BCUT2D eigenvalue weighted by Crippen LogP contribution is 2.33. The first-order chi connectivity index (χ1) is 14.5. The van der Waals surface area contributed by atoms with Crippen LogP contribution in [0.5, 0.6) is 5.75 Å². The van der Waals surface area contributed by atoms with Gasteiger partial charge in [0.15, 0.2) is 5.11 Å². The van der Waals surface area contributed by atoms with Crippen LogP contribution in [0.4, 0.5) is 11.4 Å². The number of halogens is 2. The van der Waals surface area contributed by atoms with E-state index in [1.54, 1.807) is 13.2 Å². The smallest absolute Gasteiger partial charge is 0.250 e. The Morgan fingerprint density at radius 2 is 1.90 bits per heavy atom. The zero-order valence-electron chi connectivity index (χ0n) is 16.6. The molecule has 1 aliphatic rings. The van der Waals surface area contributed by atoms with Crippen molar-refractivity contribution in [2.24, 2.45) is 0 Å². The van der Waals surface area contributed by atoms with Crippen LogP contribution >= 0.6 is 44.1 Å². The third-order valence-corrected chi connectivity index (χ3v) is 5.99. The molecule has 0 aliphatic carbocycles. The number of rotatable bonds is 5. The van der Waals surface area contributed by atoms with E-state index in [9.17, 15) is 4.79 Å². The van der Waals surface area contributed by atoms with Crippen LogP contribution in [-0.2, 0) is 4.79 Å². The predicted molar refractivity (Wildman–Crippen MR) is 134 cm³/mol. The molecule has 1 fully saturated rings. The van der Waals surface area contributed by atoms with Gasteiger partial charge in [0.05, 0.1) is 23.0 Å². The summed E-state index contributed by atoms with van der Waals surface area (Å²) in [4.78, 5) is 14.7. The van der Waals surface area contributed by atoms with Crippen molar-refractivity contribution >= 4 is 72.5 Å². The number of amides is 1. The van der Waals surface area contributed by atoms with Gasteiger partial charge in [-0.3, -0.25) is 10.1 Å². The number of thiocarbonyl (C=S) groups is 1. The lowest BCUT2D eigenvalue weighted by molar-refractivity contribution is -0.115. The molecule has 8 heteroatoms. The number of methoxy groups -OCH3 is 1. The van der Waals surface area contributed by atoms with Gasteiger partial charge >= 0.3 is 0 Å². The Kier molecular flexibility index (Phi) is 8.30. The summed E-state index contributed by atoms with van der Waals surface area (Å²) >= 11 is 12.3. The summed E-state index contributed by atoms with van der Waals surface area (Å²) in [7, 11) is 1.59. The molecule has 2 N–H and O–H groups in total. The number of nitrogens with zero attached hydrogens (tertiary/aromatic N) is 1. The van der Waals surface area contributed by atoms with Crippen LogP contribution in [-0.4, -0.2) is 31.2 Å². The summed E-state index contributed by atoms with van der Waals surface area (Å²) < 4.78 is 7.07. The quantitative estimate of drug-likeness (QED) is 0.366. The summed E-state index contributed by atoms with van der Waals surface area (Å²) in [5.41, 5.74) is 2.77. The van der Waals surface area contributed by atoms with E-state index < -0.39 is 0 Å². The lowest BCUT2D eigenvalue weighted by Crippen LogP contribution is -2.34. The second kappa shape index (κ2) is 10.9. The van der Waals surface area contributed by atoms with Gasteiger partial charge in [-0.2, -0.15) is 0 Å². The average Bonchev–Trinajstić information content (AvgIpc) is 2.73. The van der Waals surface area contributed by atoms with E-state index in [0.29, 0.717) is 5.75 Å². The molecule has 1 aliphatic heterocycles. The molecule has 2 aromatic rings. The fraction of sp³-hybridized carbons (Fsp3) is 0.273. The van der Waals surface area contributed by atoms with Crippen molar-refractivity contribution in [2.45, 2.75) is 19.3 Å². The van der Waals surface area contributed by atoms with Gasteiger partial charge in [0.25, 0.3) is 0 Å². The number of benzene rings is 2. The molecule has 30 heavy (non-hydrogen) atoms. The van der Waals surface area contributed by atoms with Gasteiger partial charge in [0.2, 0.25) is 5.91 Å². The minimum atomic E-state index is -0.318. The molecule has 1 heterocycles. The van der Waals surface area contributed by atoms with Crippen LogP contribution in [0.25, 0.3) is 6.08 Å². The number of nitrogens with one attached hydrogen (secondary N) is 2. The highest BCUT2D eigenvalue weighted by atomic mass is 79.9. The number of anilines is 2. The molecule has 2 aromatic carbocycles. The van der Waals surface area contributed by atoms with Crippen LogP contribution in [0.1, 0.15) is 24.8 Å². The fourth-order valence-corrected chi connectivity index (χ4v) is 5.01. The molecule has 3 rings (SSSR count). The first-order valence-electron chi connectivity index (χ1n) is 9.65. The summed E-state index contributed by atoms with van der Waals surface area (Å²) in [6.07, 6.45) is 6.77. The van der Waals surface area contributed by atoms with Gasteiger partial charge in [-0.25, -0.2) is 0 Å². The minimum Gasteiger partial charge on any atom is -0.495 e. The molecule has 0 atom stereocenters. The van der Waals surface area contributed by atoms with E-state index in [0.717, 1.165) is 39.0 Å². The van der Waals surface area contributed by atoms with E-state index in [1.165, 1.54) is 25.3 Å². The Labute approximate surface area is 199 Å². The topological polar surface area (TPSA) is 53.6 Å². The lowest BCUT2D eigenvalue weighted by Gasteiger charge is -2.30. The van der Waals surface area contributed by atoms with Crippen molar-refractivity contribution < 1.29 is 9.53 Å². The van der Waals surface area contributed by atoms with Gasteiger partial charge < -0.3 is 15.0 Å². The fourth-order valence-electron chi connectivity index (χ4n) is 3.38. The van der Waals surface area contributed by atoms with Crippen LogP contribution in [0.2, 0.25) is 0 Å². The highest BCUT2D eigenvalue weighted by Gasteiger charge is 2.15. The zero-order chi connectivity index (χ0) is 21.5. The number of ether oxygens (including phenoxy) is 1. The van der Waals surface area contributed by atoms with E-state index in [1.807, 2.05) is 30.3 Å².